The van der Waals surface area contributed by atoms with Crippen LogP contribution in [0.25, 0.3) is 0 Å². The maximum Gasteiger partial charge on any atom is 0.317 e. The number of nitrogens with zero attached hydrogens (tertiary/aromatic N) is 2. The Morgan fingerprint density at radius 2 is 1.92 bits per heavy atom. The van der Waals surface area contributed by atoms with E-state index in [0.717, 1.165) is 16.8 Å². The van der Waals surface area contributed by atoms with Crippen LogP contribution in [0.15, 0.2) is 36.5 Å². The smallest absolute Gasteiger partial charge is 0.317 e. The fraction of sp³-hybridized carbons (Fsp3) is 0.368. The molecule has 2 rings (SSSR count). The van der Waals surface area contributed by atoms with E-state index in [4.69, 9.17) is 9.47 Å². The van der Waals surface area contributed by atoms with Crippen LogP contribution in [0.4, 0.5) is 4.79 Å². The number of rotatable bonds is 6. The Morgan fingerprint density at radius 1 is 1.24 bits per heavy atom. The van der Waals surface area contributed by atoms with Crippen LogP contribution in [-0.4, -0.2) is 37.2 Å². The van der Waals surface area contributed by atoms with Crippen molar-refractivity contribution in [1.29, 1.82) is 0 Å². The van der Waals surface area contributed by atoms with Crippen LogP contribution in [0.5, 0.6) is 11.5 Å². The summed E-state index contributed by atoms with van der Waals surface area (Å²) in [5.41, 5.74) is 2.85. The first-order valence-corrected chi connectivity index (χ1v) is 8.10. The first kappa shape index (κ1) is 18.6. The molecule has 134 valence electrons. The molecule has 0 bridgehead atoms. The molecule has 2 aromatic rings. The van der Waals surface area contributed by atoms with Gasteiger partial charge in [0.2, 0.25) is 0 Å². The molecule has 0 saturated carbocycles. The highest BCUT2D eigenvalue weighted by Crippen LogP contribution is 2.32. The maximum absolute atomic E-state index is 12.5. The zero-order valence-electron chi connectivity index (χ0n) is 15.4. The summed E-state index contributed by atoms with van der Waals surface area (Å²) in [5.74, 6) is 1.32. The fourth-order valence-corrected chi connectivity index (χ4v) is 2.64. The predicted octanol–water partition coefficient (Wildman–Crippen LogP) is 3.31. The van der Waals surface area contributed by atoms with Crippen molar-refractivity contribution in [3.05, 3.63) is 53.3 Å². The lowest BCUT2D eigenvalue weighted by molar-refractivity contribution is 0.203. The number of aryl methyl sites for hydroxylation is 1. The van der Waals surface area contributed by atoms with Crippen LogP contribution < -0.4 is 14.8 Å². The Morgan fingerprint density at radius 3 is 2.52 bits per heavy atom. The molecule has 1 aromatic carbocycles. The number of carbonyl (C=O) groups is 1. The summed E-state index contributed by atoms with van der Waals surface area (Å²) in [6.45, 7) is 4.38. The number of hydrogen-bond donors (Lipinski definition) is 1. The molecule has 1 N–H and O–H groups in total. The third kappa shape index (κ3) is 4.62. The molecule has 0 spiro atoms. The topological polar surface area (TPSA) is 63.7 Å². The van der Waals surface area contributed by atoms with E-state index in [9.17, 15) is 4.79 Å². The van der Waals surface area contributed by atoms with Gasteiger partial charge in [0.05, 0.1) is 32.5 Å². The number of methoxy groups -OCH3 is 2. The quantitative estimate of drug-likeness (QED) is 0.874. The normalized spacial score (nSPS) is 11.6. The van der Waals surface area contributed by atoms with Gasteiger partial charge >= 0.3 is 6.03 Å². The SMILES string of the molecule is COc1cc(C)c(C(C)NC(=O)N(C)Cc2ccccn2)cc1OC. The minimum atomic E-state index is -0.168. The van der Waals surface area contributed by atoms with E-state index in [2.05, 4.69) is 10.3 Å². The van der Waals surface area contributed by atoms with Crippen LogP contribution in [0, 0.1) is 6.92 Å². The molecule has 0 radical (unpaired) electrons. The van der Waals surface area contributed by atoms with Gasteiger partial charge in [-0.1, -0.05) is 6.07 Å². The van der Waals surface area contributed by atoms with Crippen molar-refractivity contribution in [2.45, 2.75) is 26.4 Å². The summed E-state index contributed by atoms with van der Waals surface area (Å²) in [5, 5.41) is 3.01. The number of carbonyl (C=O) groups excluding carboxylic acids is 1. The van der Waals surface area contributed by atoms with Gasteiger partial charge in [0, 0.05) is 13.2 Å². The van der Waals surface area contributed by atoms with Gasteiger partial charge in [0.15, 0.2) is 11.5 Å². The summed E-state index contributed by atoms with van der Waals surface area (Å²) in [4.78, 5) is 18.3. The largest absolute Gasteiger partial charge is 0.493 e. The van der Waals surface area contributed by atoms with E-state index >= 15 is 0 Å². The number of ether oxygens (including phenoxy) is 2. The minimum absolute atomic E-state index is 0.160. The molecule has 0 fully saturated rings. The molecule has 1 unspecified atom stereocenters. The van der Waals surface area contributed by atoms with Crippen molar-refractivity contribution in [2.75, 3.05) is 21.3 Å². The molecule has 1 heterocycles. The fourth-order valence-electron chi connectivity index (χ4n) is 2.64. The second-order valence-corrected chi connectivity index (χ2v) is 5.91. The molecule has 0 saturated heterocycles. The zero-order chi connectivity index (χ0) is 18.4. The lowest BCUT2D eigenvalue weighted by atomic mass is 10.0. The molecule has 0 aliphatic carbocycles. The van der Waals surface area contributed by atoms with Crippen LogP contribution in [0.2, 0.25) is 0 Å². The summed E-state index contributed by atoms with van der Waals surface area (Å²) in [7, 11) is 4.95. The number of aromatic nitrogens is 1. The van der Waals surface area contributed by atoms with Gasteiger partial charge < -0.3 is 19.7 Å². The Labute approximate surface area is 148 Å². The molecule has 0 aliphatic rings. The lowest BCUT2D eigenvalue weighted by Gasteiger charge is -2.23. The summed E-state index contributed by atoms with van der Waals surface area (Å²) in [6, 6.07) is 9.14. The number of benzene rings is 1. The van der Waals surface area contributed by atoms with E-state index in [1.165, 1.54) is 0 Å². The van der Waals surface area contributed by atoms with Crippen molar-refractivity contribution in [3.8, 4) is 11.5 Å². The summed E-state index contributed by atoms with van der Waals surface area (Å²) < 4.78 is 10.7. The average molecular weight is 343 g/mol. The third-order valence-electron chi connectivity index (χ3n) is 4.05. The van der Waals surface area contributed by atoms with E-state index < -0.39 is 0 Å². The number of amides is 2. The average Bonchev–Trinajstić information content (AvgIpc) is 2.61. The van der Waals surface area contributed by atoms with Gasteiger partial charge in [-0.05, 0) is 49.2 Å². The molecule has 0 aliphatic heterocycles. The van der Waals surface area contributed by atoms with E-state index in [-0.39, 0.29) is 12.1 Å². The highest BCUT2D eigenvalue weighted by atomic mass is 16.5. The molecule has 25 heavy (non-hydrogen) atoms. The summed E-state index contributed by atoms with van der Waals surface area (Å²) in [6.07, 6.45) is 1.72. The van der Waals surface area contributed by atoms with Crippen LogP contribution in [-0.2, 0) is 6.54 Å². The Bertz CT molecular complexity index is 719. The second kappa shape index (κ2) is 8.37. The third-order valence-corrected chi connectivity index (χ3v) is 4.05. The van der Waals surface area contributed by atoms with Gasteiger partial charge in [0.1, 0.15) is 0 Å². The predicted molar refractivity (Wildman–Crippen MR) is 96.9 cm³/mol. The van der Waals surface area contributed by atoms with Gasteiger partial charge in [0.25, 0.3) is 0 Å². The monoisotopic (exact) mass is 343 g/mol. The molecule has 2 amide bonds. The first-order chi connectivity index (χ1) is 12.0. The molecule has 6 heteroatoms. The molecule has 6 nitrogen and oxygen atoms in total. The lowest BCUT2D eigenvalue weighted by Crippen LogP contribution is -2.38. The van der Waals surface area contributed by atoms with Crippen LogP contribution in [0.3, 0.4) is 0 Å². The second-order valence-electron chi connectivity index (χ2n) is 5.91. The number of urea groups is 1. The minimum Gasteiger partial charge on any atom is -0.493 e. The first-order valence-electron chi connectivity index (χ1n) is 8.10. The molecular weight excluding hydrogens is 318 g/mol. The Hall–Kier alpha value is -2.76. The standard InChI is InChI=1S/C19H25N3O3/c1-13-10-17(24-4)18(25-5)11-16(13)14(2)21-19(23)22(3)12-15-8-6-7-9-20-15/h6-11,14H,12H2,1-5H3,(H,21,23). The van der Waals surface area contributed by atoms with Gasteiger partial charge in [-0.25, -0.2) is 4.79 Å². The van der Waals surface area contributed by atoms with E-state index in [0.29, 0.717) is 18.0 Å². The van der Waals surface area contributed by atoms with Crippen LogP contribution >= 0.6 is 0 Å². The van der Waals surface area contributed by atoms with Crippen molar-refractivity contribution in [3.63, 3.8) is 0 Å². The number of pyridine rings is 1. The molecule has 1 aromatic heterocycles. The highest BCUT2D eigenvalue weighted by molar-refractivity contribution is 5.74. The molecule has 1 atom stereocenters. The van der Waals surface area contributed by atoms with Crippen molar-refractivity contribution in [1.82, 2.24) is 15.2 Å². The Kier molecular flexibility index (Phi) is 6.22. The van der Waals surface area contributed by atoms with Crippen molar-refractivity contribution >= 4 is 6.03 Å². The zero-order valence-corrected chi connectivity index (χ0v) is 15.4. The van der Waals surface area contributed by atoms with Crippen molar-refractivity contribution in [2.24, 2.45) is 0 Å². The Balaban J connectivity index is 2.08. The summed E-state index contributed by atoms with van der Waals surface area (Å²) >= 11 is 0. The number of hydrogen-bond acceptors (Lipinski definition) is 4. The molecular formula is C19H25N3O3. The van der Waals surface area contributed by atoms with E-state index in [1.54, 1.807) is 32.4 Å². The number of nitrogens with one attached hydrogen (secondary N) is 1. The van der Waals surface area contributed by atoms with Gasteiger partial charge in [-0.3, -0.25) is 4.98 Å². The maximum atomic E-state index is 12.5. The van der Waals surface area contributed by atoms with Gasteiger partial charge in [-0.15, -0.1) is 0 Å². The van der Waals surface area contributed by atoms with Crippen molar-refractivity contribution < 1.29 is 14.3 Å². The van der Waals surface area contributed by atoms with Gasteiger partial charge in [-0.2, -0.15) is 0 Å². The highest BCUT2D eigenvalue weighted by Gasteiger charge is 2.18. The van der Waals surface area contributed by atoms with Crippen LogP contribution in [0.1, 0.15) is 29.8 Å². The van der Waals surface area contributed by atoms with E-state index in [1.807, 2.05) is 44.2 Å².